The van der Waals surface area contributed by atoms with Gasteiger partial charge in [0.1, 0.15) is 0 Å². The Kier molecular flexibility index (Phi) is 2.74. The molecule has 0 spiro atoms. The lowest BCUT2D eigenvalue weighted by atomic mass is 10.0. The Bertz CT molecular complexity index is 244. The molecule has 0 N–H and O–H groups in total. The van der Waals surface area contributed by atoms with E-state index in [1.165, 1.54) is 11.1 Å². The highest BCUT2D eigenvalue weighted by atomic mass is 15.0. The van der Waals surface area contributed by atoms with E-state index in [-0.39, 0.29) is 0 Å². The van der Waals surface area contributed by atoms with Gasteiger partial charge in [0.2, 0.25) is 0 Å². The quantitative estimate of drug-likeness (QED) is 0.574. The van der Waals surface area contributed by atoms with Crippen molar-refractivity contribution in [2.75, 3.05) is 7.05 Å². The molecule has 0 saturated heterocycles. The summed E-state index contributed by atoms with van der Waals surface area (Å²) in [7, 11) is 2.07. The first-order valence-corrected chi connectivity index (χ1v) is 4.40. The third-order valence-corrected chi connectivity index (χ3v) is 1.97. The molecule has 1 aliphatic heterocycles. The van der Waals surface area contributed by atoms with Crippen LogP contribution in [0.4, 0.5) is 0 Å². The molecule has 0 aromatic carbocycles. The molecule has 0 saturated carbocycles. The van der Waals surface area contributed by atoms with Crippen molar-refractivity contribution < 1.29 is 0 Å². The molecule has 1 nitrogen and oxygen atoms in total. The topological polar surface area (TPSA) is 3.24 Å². The van der Waals surface area contributed by atoms with Crippen LogP contribution in [0.3, 0.4) is 0 Å². The van der Waals surface area contributed by atoms with E-state index in [0.29, 0.717) is 5.92 Å². The molecule has 1 heterocycles. The zero-order valence-electron chi connectivity index (χ0n) is 8.33. The van der Waals surface area contributed by atoms with Gasteiger partial charge in [-0.25, -0.2) is 0 Å². The summed E-state index contributed by atoms with van der Waals surface area (Å²) in [5, 5.41) is 0. The molecule has 1 rings (SSSR count). The highest BCUT2D eigenvalue weighted by Gasteiger charge is 2.02. The van der Waals surface area contributed by atoms with Gasteiger partial charge in [0.15, 0.2) is 0 Å². The Morgan fingerprint density at radius 2 is 1.83 bits per heavy atom. The van der Waals surface area contributed by atoms with Crippen molar-refractivity contribution in [2.24, 2.45) is 5.92 Å². The third kappa shape index (κ3) is 2.26. The van der Waals surface area contributed by atoms with Crippen LogP contribution in [0.15, 0.2) is 35.7 Å². The number of hydrogen-bond donors (Lipinski definition) is 0. The van der Waals surface area contributed by atoms with Crippen LogP contribution < -0.4 is 0 Å². The number of hydrogen-bond acceptors (Lipinski definition) is 1. The molecule has 0 atom stereocenters. The molecule has 0 aliphatic carbocycles. The Morgan fingerprint density at radius 3 is 2.42 bits per heavy atom. The van der Waals surface area contributed by atoms with E-state index < -0.39 is 0 Å². The maximum absolute atomic E-state index is 2.21. The molecule has 0 unspecified atom stereocenters. The minimum absolute atomic E-state index is 0.600. The van der Waals surface area contributed by atoms with Crippen LogP contribution in [0.25, 0.3) is 0 Å². The van der Waals surface area contributed by atoms with Crippen LogP contribution in [0.5, 0.6) is 0 Å². The minimum atomic E-state index is 0.600. The van der Waals surface area contributed by atoms with Gasteiger partial charge in [-0.05, 0) is 24.0 Å². The van der Waals surface area contributed by atoms with Gasteiger partial charge in [0.25, 0.3) is 0 Å². The Labute approximate surface area is 75.1 Å². The number of allylic oxidation sites excluding steroid dienone is 4. The monoisotopic (exact) mass is 163 g/mol. The van der Waals surface area contributed by atoms with E-state index >= 15 is 0 Å². The second kappa shape index (κ2) is 3.61. The van der Waals surface area contributed by atoms with Crippen molar-refractivity contribution in [3.05, 3.63) is 35.7 Å². The average Bonchev–Trinajstić information content (AvgIpc) is 2.11. The van der Waals surface area contributed by atoms with E-state index in [1.54, 1.807) is 0 Å². The Morgan fingerprint density at radius 1 is 1.17 bits per heavy atom. The van der Waals surface area contributed by atoms with Gasteiger partial charge in [-0.3, -0.25) is 0 Å². The van der Waals surface area contributed by atoms with Crippen LogP contribution in [0, 0.1) is 5.92 Å². The van der Waals surface area contributed by atoms with Crippen LogP contribution in [-0.4, -0.2) is 11.9 Å². The van der Waals surface area contributed by atoms with Crippen LogP contribution in [0.1, 0.15) is 20.8 Å². The van der Waals surface area contributed by atoms with Gasteiger partial charge in [0, 0.05) is 19.4 Å². The van der Waals surface area contributed by atoms with Gasteiger partial charge in [-0.15, -0.1) is 0 Å². The lowest BCUT2D eigenvalue weighted by Crippen LogP contribution is -2.03. The Balaban J connectivity index is 2.87. The van der Waals surface area contributed by atoms with Crippen LogP contribution in [-0.2, 0) is 0 Å². The van der Waals surface area contributed by atoms with Crippen molar-refractivity contribution in [3.63, 3.8) is 0 Å². The highest BCUT2D eigenvalue weighted by Crippen LogP contribution is 2.16. The first kappa shape index (κ1) is 9.11. The fraction of sp³-hybridized carbons (Fsp3) is 0.455. The molecule has 0 fully saturated rings. The fourth-order valence-corrected chi connectivity index (χ4v) is 1.25. The third-order valence-electron chi connectivity index (χ3n) is 1.97. The van der Waals surface area contributed by atoms with Gasteiger partial charge >= 0.3 is 0 Å². The smallest absolute Gasteiger partial charge is 0.0106 e. The molecule has 66 valence electrons. The minimum Gasteiger partial charge on any atom is -0.357 e. The average molecular weight is 163 g/mol. The molecule has 0 aromatic heterocycles. The molecular formula is C11H17N. The van der Waals surface area contributed by atoms with Crippen molar-refractivity contribution in [1.29, 1.82) is 0 Å². The highest BCUT2D eigenvalue weighted by molar-refractivity contribution is 5.30. The summed E-state index contributed by atoms with van der Waals surface area (Å²) in [6.07, 6.45) is 8.67. The standard InChI is InChI=1S/C11H17N/c1-9(2)11-6-5-10(3)7-12(4)8-11/h5-9H,1-4H3. The Hall–Kier alpha value is -0.980. The van der Waals surface area contributed by atoms with E-state index in [1.807, 2.05) is 0 Å². The summed E-state index contributed by atoms with van der Waals surface area (Å²) in [5.74, 6) is 0.600. The summed E-state index contributed by atoms with van der Waals surface area (Å²) < 4.78 is 0. The SMILES string of the molecule is CC1=CN(C)C=C(C(C)C)C=C1. The number of rotatable bonds is 1. The van der Waals surface area contributed by atoms with E-state index in [9.17, 15) is 0 Å². The van der Waals surface area contributed by atoms with Gasteiger partial charge in [-0.1, -0.05) is 26.0 Å². The van der Waals surface area contributed by atoms with Crippen molar-refractivity contribution in [3.8, 4) is 0 Å². The molecule has 0 amide bonds. The normalized spacial score (nSPS) is 17.6. The summed E-state index contributed by atoms with van der Waals surface area (Å²) in [6, 6.07) is 0. The summed E-state index contributed by atoms with van der Waals surface area (Å²) >= 11 is 0. The lowest BCUT2D eigenvalue weighted by Gasteiger charge is -2.11. The van der Waals surface area contributed by atoms with Crippen LogP contribution in [0.2, 0.25) is 0 Å². The number of nitrogens with zero attached hydrogens (tertiary/aromatic N) is 1. The van der Waals surface area contributed by atoms with E-state index in [4.69, 9.17) is 0 Å². The van der Waals surface area contributed by atoms with Crippen molar-refractivity contribution in [1.82, 2.24) is 4.90 Å². The largest absolute Gasteiger partial charge is 0.357 e. The van der Waals surface area contributed by atoms with E-state index in [0.717, 1.165) is 0 Å². The fourth-order valence-electron chi connectivity index (χ4n) is 1.25. The zero-order valence-corrected chi connectivity index (χ0v) is 8.33. The first-order chi connectivity index (χ1) is 5.59. The predicted octanol–water partition coefficient (Wildman–Crippen LogP) is 2.93. The van der Waals surface area contributed by atoms with Gasteiger partial charge in [0.05, 0.1) is 0 Å². The molecule has 1 heteroatoms. The van der Waals surface area contributed by atoms with Gasteiger partial charge in [-0.2, -0.15) is 0 Å². The predicted molar refractivity (Wildman–Crippen MR) is 53.6 cm³/mol. The van der Waals surface area contributed by atoms with Crippen LogP contribution >= 0.6 is 0 Å². The zero-order chi connectivity index (χ0) is 9.14. The molecule has 0 bridgehead atoms. The summed E-state index contributed by atoms with van der Waals surface area (Å²) in [6.45, 7) is 6.54. The maximum Gasteiger partial charge on any atom is 0.0106 e. The maximum atomic E-state index is 2.21. The van der Waals surface area contributed by atoms with Crippen molar-refractivity contribution in [2.45, 2.75) is 20.8 Å². The summed E-state index contributed by atoms with van der Waals surface area (Å²) in [4.78, 5) is 2.12. The van der Waals surface area contributed by atoms with Gasteiger partial charge < -0.3 is 4.90 Å². The first-order valence-electron chi connectivity index (χ1n) is 4.40. The molecule has 1 aliphatic rings. The molecule has 12 heavy (non-hydrogen) atoms. The van der Waals surface area contributed by atoms with Crippen molar-refractivity contribution >= 4 is 0 Å². The molecular weight excluding hydrogens is 146 g/mol. The van der Waals surface area contributed by atoms with E-state index in [2.05, 4.69) is 57.3 Å². The lowest BCUT2D eigenvalue weighted by molar-refractivity contribution is 0.605. The summed E-state index contributed by atoms with van der Waals surface area (Å²) in [5.41, 5.74) is 2.68. The molecule has 0 aromatic rings. The second-order valence-electron chi connectivity index (χ2n) is 3.66. The second-order valence-corrected chi connectivity index (χ2v) is 3.66. The molecule has 0 radical (unpaired) electrons.